The molecule has 1 aliphatic carbocycles. The van der Waals surface area contributed by atoms with Gasteiger partial charge in [0.2, 0.25) is 0 Å². The summed E-state index contributed by atoms with van der Waals surface area (Å²) >= 11 is 0. The molecule has 1 unspecified atom stereocenters. The second-order valence-corrected chi connectivity index (χ2v) is 5.16. The minimum atomic E-state index is 0.0382. The molecule has 0 bridgehead atoms. The summed E-state index contributed by atoms with van der Waals surface area (Å²) in [7, 11) is 0. The molecule has 1 aliphatic heterocycles. The summed E-state index contributed by atoms with van der Waals surface area (Å²) < 4.78 is 5.86. The number of hydrogen-bond donors (Lipinski definition) is 0. The maximum Gasteiger partial charge on any atom is 0.0906 e. The van der Waals surface area contributed by atoms with Crippen LogP contribution in [0, 0.1) is 6.92 Å². The lowest BCUT2D eigenvalue weighted by Crippen LogP contribution is -2.21. The Morgan fingerprint density at radius 3 is 2.76 bits per heavy atom. The van der Waals surface area contributed by atoms with Gasteiger partial charge in [-0.15, -0.1) is 0 Å². The van der Waals surface area contributed by atoms with Gasteiger partial charge in [-0.25, -0.2) is 0 Å². The molecule has 0 N–H and O–H groups in total. The monoisotopic (exact) mass is 226 g/mol. The van der Waals surface area contributed by atoms with Gasteiger partial charge in [0, 0.05) is 13.0 Å². The molecule has 1 heteroatoms. The van der Waals surface area contributed by atoms with E-state index in [1.165, 1.54) is 29.5 Å². The number of hydrogen-bond acceptors (Lipinski definition) is 1. The SMILES string of the molecule is Cc1ccc(/C=C2/C=CC3(CCCO3)C2)cc1. The van der Waals surface area contributed by atoms with Crippen LogP contribution < -0.4 is 0 Å². The maximum absolute atomic E-state index is 5.86. The highest BCUT2D eigenvalue weighted by Crippen LogP contribution is 2.39. The predicted octanol–water partition coefficient (Wildman–Crippen LogP) is 3.89. The predicted molar refractivity (Wildman–Crippen MR) is 70.8 cm³/mol. The lowest BCUT2D eigenvalue weighted by atomic mass is 9.97. The summed E-state index contributed by atoms with van der Waals surface area (Å²) in [5.41, 5.74) is 4.02. The van der Waals surface area contributed by atoms with Crippen molar-refractivity contribution in [2.75, 3.05) is 6.61 Å². The Kier molecular flexibility index (Phi) is 2.64. The Morgan fingerprint density at radius 2 is 2.06 bits per heavy atom. The van der Waals surface area contributed by atoms with Crippen molar-refractivity contribution in [2.24, 2.45) is 0 Å². The van der Waals surface area contributed by atoms with Crippen LogP contribution in [-0.2, 0) is 4.74 Å². The van der Waals surface area contributed by atoms with Crippen LogP contribution >= 0.6 is 0 Å². The zero-order valence-electron chi connectivity index (χ0n) is 10.3. The van der Waals surface area contributed by atoms with Gasteiger partial charge in [-0.3, -0.25) is 0 Å². The second kappa shape index (κ2) is 4.15. The topological polar surface area (TPSA) is 9.23 Å². The average molecular weight is 226 g/mol. The highest BCUT2D eigenvalue weighted by molar-refractivity contribution is 5.58. The van der Waals surface area contributed by atoms with Crippen molar-refractivity contribution in [2.45, 2.75) is 31.8 Å². The molecule has 17 heavy (non-hydrogen) atoms. The van der Waals surface area contributed by atoms with Crippen LogP contribution in [-0.4, -0.2) is 12.2 Å². The summed E-state index contributed by atoms with van der Waals surface area (Å²) in [6, 6.07) is 8.67. The highest BCUT2D eigenvalue weighted by Gasteiger charge is 2.35. The largest absolute Gasteiger partial charge is 0.371 e. The minimum Gasteiger partial charge on any atom is -0.371 e. The van der Waals surface area contributed by atoms with Gasteiger partial charge in [-0.1, -0.05) is 48.1 Å². The smallest absolute Gasteiger partial charge is 0.0906 e. The standard InChI is InChI=1S/C16H18O/c1-13-3-5-14(6-4-13)11-15-7-9-16(12-15)8-2-10-17-16/h3-7,9,11H,2,8,10,12H2,1H3/b15-11-. The van der Waals surface area contributed by atoms with E-state index in [2.05, 4.69) is 49.4 Å². The van der Waals surface area contributed by atoms with E-state index >= 15 is 0 Å². The van der Waals surface area contributed by atoms with Gasteiger partial charge in [-0.2, -0.15) is 0 Å². The lowest BCUT2D eigenvalue weighted by molar-refractivity contribution is 0.0510. The first-order valence-corrected chi connectivity index (χ1v) is 6.36. The second-order valence-electron chi connectivity index (χ2n) is 5.16. The highest BCUT2D eigenvalue weighted by atomic mass is 16.5. The van der Waals surface area contributed by atoms with Crippen molar-refractivity contribution in [1.29, 1.82) is 0 Å². The van der Waals surface area contributed by atoms with Crippen LogP contribution in [0.2, 0.25) is 0 Å². The Morgan fingerprint density at radius 1 is 1.24 bits per heavy atom. The molecule has 2 aliphatic rings. The van der Waals surface area contributed by atoms with Crippen molar-refractivity contribution in [3.8, 4) is 0 Å². The first-order valence-electron chi connectivity index (χ1n) is 6.36. The molecule has 1 heterocycles. The summed E-state index contributed by atoms with van der Waals surface area (Å²) in [6.07, 6.45) is 10.2. The fourth-order valence-corrected chi connectivity index (χ4v) is 2.69. The molecule has 1 spiro atoms. The van der Waals surface area contributed by atoms with Gasteiger partial charge in [0.05, 0.1) is 5.60 Å². The van der Waals surface area contributed by atoms with Crippen molar-refractivity contribution >= 4 is 6.08 Å². The molecule has 0 amide bonds. The molecule has 1 aromatic rings. The first kappa shape index (κ1) is 10.8. The molecule has 1 saturated heterocycles. The third-order valence-electron chi connectivity index (χ3n) is 3.67. The first-order chi connectivity index (χ1) is 8.26. The Hall–Kier alpha value is -1.34. The van der Waals surface area contributed by atoms with Crippen LogP contribution in [0.15, 0.2) is 42.0 Å². The molecule has 3 rings (SSSR count). The van der Waals surface area contributed by atoms with E-state index in [0.717, 1.165) is 13.0 Å². The third-order valence-corrected chi connectivity index (χ3v) is 3.67. The summed E-state index contributed by atoms with van der Waals surface area (Å²) in [5.74, 6) is 0. The fraction of sp³-hybridized carbons (Fsp3) is 0.375. The van der Waals surface area contributed by atoms with E-state index in [-0.39, 0.29) is 5.60 Å². The normalized spacial score (nSPS) is 29.6. The van der Waals surface area contributed by atoms with Gasteiger partial charge in [0.15, 0.2) is 0 Å². The van der Waals surface area contributed by atoms with Crippen LogP contribution in [0.25, 0.3) is 6.08 Å². The molecule has 1 atom stereocenters. The number of ether oxygens (including phenoxy) is 1. The molecule has 0 aromatic heterocycles. The van der Waals surface area contributed by atoms with Gasteiger partial charge < -0.3 is 4.74 Å². The minimum absolute atomic E-state index is 0.0382. The molecule has 88 valence electrons. The van der Waals surface area contributed by atoms with Crippen molar-refractivity contribution < 1.29 is 4.74 Å². The number of aryl methyl sites for hydroxylation is 1. The Labute approximate surface area is 103 Å². The van der Waals surface area contributed by atoms with E-state index in [1.54, 1.807) is 0 Å². The van der Waals surface area contributed by atoms with Crippen molar-refractivity contribution in [3.05, 3.63) is 53.1 Å². The van der Waals surface area contributed by atoms with E-state index in [9.17, 15) is 0 Å². The molecular formula is C16H18O. The van der Waals surface area contributed by atoms with Gasteiger partial charge >= 0.3 is 0 Å². The number of rotatable bonds is 1. The van der Waals surface area contributed by atoms with Crippen molar-refractivity contribution in [3.63, 3.8) is 0 Å². The van der Waals surface area contributed by atoms with Crippen LogP contribution in [0.5, 0.6) is 0 Å². The van der Waals surface area contributed by atoms with Gasteiger partial charge in [0.25, 0.3) is 0 Å². The average Bonchev–Trinajstić information content (AvgIpc) is 2.94. The molecule has 0 saturated carbocycles. The molecule has 1 nitrogen and oxygen atoms in total. The van der Waals surface area contributed by atoms with E-state index in [1.807, 2.05) is 0 Å². The van der Waals surface area contributed by atoms with E-state index in [4.69, 9.17) is 4.74 Å². The van der Waals surface area contributed by atoms with E-state index in [0.29, 0.717) is 0 Å². The molecule has 0 radical (unpaired) electrons. The van der Waals surface area contributed by atoms with Crippen LogP contribution in [0.3, 0.4) is 0 Å². The third kappa shape index (κ3) is 2.20. The molecular weight excluding hydrogens is 208 g/mol. The van der Waals surface area contributed by atoms with Crippen molar-refractivity contribution in [1.82, 2.24) is 0 Å². The number of benzene rings is 1. The maximum atomic E-state index is 5.86. The fourth-order valence-electron chi connectivity index (χ4n) is 2.69. The summed E-state index contributed by atoms with van der Waals surface area (Å²) in [6.45, 7) is 3.04. The van der Waals surface area contributed by atoms with Crippen LogP contribution in [0.1, 0.15) is 30.4 Å². The van der Waals surface area contributed by atoms with Gasteiger partial charge in [-0.05, 0) is 30.9 Å². The summed E-state index contributed by atoms with van der Waals surface area (Å²) in [4.78, 5) is 0. The van der Waals surface area contributed by atoms with E-state index < -0.39 is 0 Å². The quantitative estimate of drug-likeness (QED) is 0.706. The molecule has 1 aromatic carbocycles. The lowest BCUT2D eigenvalue weighted by Gasteiger charge is -2.19. The van der Waals surface area contributed by atoms with Gasteiger partial charge in [0.1, 0.15) is 0 Å². The summed E-state index contributed by atoms with van der Waals surface area (Å²) in [5, 5.41) is 0. The van der Waals surface area contributed by atoms with Crippen LogP contribution in [0.4, 0.5) is 0 Å². The Balaban J connectivity index is 1.78. The Bertz CT molecular complexity index is 459. The zero-order chi connectivity index (χ0) is 11.7. The number of allylic oxidation sites excluding steroid dienone is 1. The molecule has 1 fully saturated rings. The zero-order valence-corrected chi connectivity index (χ0v) is 10.3.